The van der Waals surface area contributed by atoms with Gasteiger partial charge in [0.2, 0.25) is 18.4 Å². The summed E-state index contributed by atoms with van der Waals surface area (Å²) in [7, 11) is 1.53. The first-order valence-electron chi connectivity index (χ1n) is 16.1. The molecular weight excluding hydrogens is 593 g/mol. The average Bonchev–Trinajstić information content (AvgIpc) is 3.76. The van der Waals surface area contributed by atoms with Gasteiger partial charge in [-0.05, 0) is 74.6 Å². The highest BCUT2D eigenvalue weighted by Crippen LogP contribution is 2.47. The van der Waals surface area contributed by atoms with E-state index in [2.05, 4.69) is 18.8 Å². The molecule has 2 aliphatic heterocycles. The number of amides is 1. The number of aromatic nitrogens is 1. The van der Waals surface area contributed by atoms with Gasteiger partial charge in [0.05, 0.1) is 25.8 Å². The van der Waals surface area contributed by atoms with Gasteiger partial charge < -0.3 is 28.6 Å². The Balaban J connectivity index is 1.51. The van der Waals surface area contributed by atoms with Crippen molar-refractivity contribution in [3.63, 3.8) is 0 Å². The summed E-state index contributed by atoms with van der Waals surface area (Å²) in [5, 5.41) is 10.7. The molecule has 0 saturated carbocycles. The number of hydrogen-bond acceptors (Lipinski definition) is 8. The topological polar surface area (TPSA) is 115 Å². The van der Waals surface area contributed by atoms with Crippen molar-refractivity contribution < 1.29 is 37.7 Å². The molecule has 1 fully saturated rings. The first kappa shape index (κ1) is 33.2. The Morgan fingerprint density at radius 2 is 1.91 bits per heavy atom. The van der Waals surface area contributed by atoms with E-state index in [9.17, 15) is 19.1 Å². The lowest BCUT2D eigenvalue weighted by Gasteiger charge is -2.35. The number of halogens is 1. The van der Waals surface area contributed by atoms with E-state index in [0.29, 0.717) is 59.5 Å². The van der Waals surface area contributed by atoms with Crippen molar-refractivity contribution in [3.8, 4) is 17.2 Å². The Hall–Kier alpha value is -4.12. The lowest BCUT2D eigenvalue weighted by Crippen LogP contribution is -2.48. The van der Waals surface area contributed by atoms with Crippen LogP contribution in [0.5, 0.6) is 17.2 Å². The van der Waals surface area contributed by atoms with Crippen LogP contribution in [0.4, 0.5) is 10.1 Å². The van der Waals surface area contributed by atoms with Crippen LogP contribution >= 0.6 is 0 Å². The number of oxazole rings is 1. The van der Waals surface area contributed by atoms with E-state index in [0.717, 1.165) is 31.2 Å². The SMILES string of the molecule is CCCC(CCC)N(C(=O)CN1CC(c2cc(OC)c3c(c2)OCO3)C(C(=O)O)C1CCc1ncc(C)o1)c1ccc(F)c(C)c1. The largest absolute Gasteiger partial charge is 0.493 e. The van der Waals surface area contributed by atoms with Crippen LogP contribution in [0.3, 0.4) is 0 Å². The molecule has 0 bridgehead atoms. The molecule has 0 radical (unpaired) electrons. The molecule has 11 heteroatoms. The van der Waals surface area contributed by atoms with Crippen LogP contribution in [0.1, 0.15) is 74.6 Å². The highest BCUT2D eigenvalue weighted by molar-refractivity contribution is 5.95. The third-order valence-electron chi connectivity index (χ3n) is 9.10. The fourth-order valence-electron chi connectivity index (χ4n) is 7.00. The molecule has 3 atom stereocenters. The maximum absolute atomic E-state index is 14.4. The maximum Gasteiger partial charge on any atom is 0.308 e. The summed E-state index contributed by atoms with van der Waals surface area (Å²) in [4.78, 5) is 35.6. The predicted octanol–water partition coefficient (Wildman–Crippen LogP) is 6.27. The monoisotopic (exact) mass is 637 g/mol. The van der Waals surface area contributed by atoms with Crippen LogP contribution < -0.4 is 19.1 Å². The number of ether oxygens (including phenoxy) is 3. The van der Waals surface area contributed by atoms with E-state index in [4.69, 9.17) is 18.6 Å². The minimum atomic E-state index is -0.953. The van der Waals surface area contributed by atoms with Crippen molar-refractivity contribution in [1.82, 2.24) is 9.88 Å². The maximum atomic E-state index is 14.4. The molecule has 248 valence electrons. The number of likely N-dealkylation sites (tertiary alicyclic amines) is 1. The van der Waals surface area contributed by atoms with Crippen LogP contribution in [0.25, 0.3) is 0 Å². The second-order valence-electron chi connectivity index (χ2n) is 12.3. The number of carbonyl (C=O) groups excluding carboxylic acids is 1. The molecule has 0 aliphatic carbocycles. The number of nitrogens with zero attached hydrogens (tertiary/aromatic N) is 3. The van der Waals surface area contributed by atoms with Crippen molar-refractivity contribution in [1.29, 1.82) is 0 Å². The van der Waals surface area contributed by atoms with Gasteiger partial charge >= 0.3 is 5.97 Å². The molecule has 3 aromatic rings. The molecule has 46 heavy (non-hydrogen) atoms. The van der Waals surface area contributed by atoms with Crippen molar-refractivity contribution >= 4 is 17.6 Å². The normalized spacial score (nSPS) is 19.2. The number of benzene rings is 2. The van der Waals surface area contributed by atoms with Gasteiger partial charge in [-0.2, -0.15) is 0 Å². The number of hydrogen-bond donors (Lipinski definition) is 1. The Kier molecular flexibility index (Phi) is 10.5. The summed E-state index contributed by atoms with van der Waals surface area (Å²) in [5.74, 6) is -0.0735. The fraction of sp³-hybridized carbons (Fsp3) is 0.514. The number of carboxylic acids is 1. The van der Waals surface area contributed by atoms with E-state index in [1.165, 1.54) is 13.2 Å². The molecular formula is C35H44FN3O7. The smallest absolute Gasteiger partial charge is 0.308 e. The summed E-state index contributed by atoms with van der Waals surface area (Å²) in [6.45, 7) is 8.05. The lowest BCUT2D eigenvalue weighted by atomic mass is 9.83. The van der Waals surface area contributed by atoms with Crippen molar-refractivity contribution in [2.24, 2.45) is 5.92 Å². The number of methoxy groups -OCH3 is 1. The molecule has 5 rings (SSSR count). The third kappa shape index (κ3) is 6.99. The Labute approximate surface area is 269 Å². The number of carbonyl (C=O) groups is 2. The van der Waals surface area contributed by atoms with Crippen molar-refractivity contribution in [2.45, 2.75) is 84.2 Å². The zero-order valence-corrected chi connectivity index (χ0v) is 27.3. The summed E-state index contributed by atoms with van der Waals surface area (Å²) in [5.41, 5.74) is 1.85. The molecule has 10 nitrogen and oxygen atoms in total. The van der Waals surface area contributed by atoms with Gasteiger partial charge in [0.15, 0.2) is 17.4 Å². The molecule has 2 aliphatic rings. The molecule has 1 amide bonds. The van der Waals surface area contributed by atoms with Gasteiger partial charge in [0.25, 0.3) is 0 Å². The highest BCUT2D eigenvalue weighted by atomic mass is 19.1. The molecule has 1 saturated heterocycles. The van der Waals surface area contributed by atoms with E-state index >= 15 is 0 Å². The van der Waals surface area contributed by atoms with Gasteiger partial charge in [0.1, 0.15) is 11.6 Å². The van der Waals surface area contributed by atoms with Gasteiger partial charge in [-0.25, -0.2) is 9.37 Å². The molecule has 0 spiro atoms. The molecule has 1 N–H and O–H groups in total. The third-order valence-corrected chi connectivity index (χ3v) is 9.10. The predicted molar refractivity (Wildman–Crippen MR) is 170 cm³/mol. The minimum absolute atomic E-state index is 0.00238. The minimum Gasteiger partial charge on any atom is -0.493 e. The zero-order valence-electron chi connectivity index (χ0n) is 27.3. The number of aryl methyl sites for hydroxylation is 3. The fourth-order valence-corrected chi connectivity index (χ4v) is 7.00. The first-order valence-corrected chi connectivity index (χ1v) is 16.1. The van der Waals surface area contributed by atoms with Crippen LogP contribution in [0, 0.1) is 25.6 Å². The molecule has 3 unspecified atom stereocenters. The number of rotatable bonds is 14. The number of fused-ring (bicyclic) bond motifs is 1. The zero-order chi connectivity index (χ0) is 33.0. The summed E-state index contributed by atoms with van der Waals surface area (Å²) < 4.78 is 36.9. The van der Waals surface area contributed by atoms with E-state index in [1.54, 1.807) is 36.2 Å². The van der Waals surface area contributed by atoms with Crippen LogP contribution in [-0.4, -0.2) is 65.9 Å². The number of aliphatic carboxylic acids is 1. The van der Waals surface area contributed by atoms with Crippen LogP contribution in [0.2, 0.25) is 0 Å². The Morgan fingerprint density at radius 1 is 1.15 bits per heavy atom. The van der Waals surface area contributed by atoms with E-state index in [-0.39, 0.29) is 31.1 Å². The second kappa shape index (κ2) is 14.5. The highest BCUT2D eigenvalue weighted by Gasteiger charge is 2.48. The van der Waals surface area contributed by atoms with Gasteiger partial charge in [0, 0.05) is 36.7 Å². The average molecular weight is 638 g/mol. The van der Waals surface area contributed by atoms with E-state index in [1.807, 2.05) is 17.9 Å². The second-order valence-corrected chi connectivity index (χ2v) is 12.3. The molecule has 1 aromatic heterocycles. The number of anilines is 1. The van der Waals surface area contributed by atoms with Crippen molar-refractivity contribution in [2.75, 3.05) is 31.9 Å². The Bertz CT molecular complexity index is 1540. The van der Waals surface area contributed by atoms with Gasteiger partial charge in [-0.3, -0.25) is 14.5 Å². The standard InChI is InChI=1S/C35H44FN3O7/c1-6-8-24(9-7-2)39(25-10-11-27(36)21(3)14-25)32(40)19-38-18-26(23-15-29(43-5)34-30(16-23)44-20-45-34)33(35(41)42)28(38)12-13-31-37-17-22(4)46-31/h10-11,14-17,24,26,28,33H,6-9,12-13,18-20H2,1-5H3,(H,41,42). The van der Waals surface area contributed by atoms with Crippen molar-refractivity contribution in [3.05, 3.63) is 65.1 Å². The summed E-state index contributed by atoms with van der Waals surface area (Å²) >= 11 is 0. The summed E-state index contributed by atoms with van der Waals surface area (Å²) in [6, 6.07) is 7.83. The quantitative estimate of drug-likeness (QED) is 0.218. The van der Waals surface area contributed by atoms with Gasteiger partial charge in [-0.1, -0.05) is 26.7 Å². The van der Waals surface area contributed by atoms with Crippen LogP contribution in [0.15, 0.2) is 40.9 Å². The Morgan fingerprint density at radius 3 is 2.54 bits per heavy atom. The first-order chi connectivity index (χ1) is 22.1. The molecule has 2 aromatic carbocycles. The number of carboxylic acid groups (broad SMARTS) is 1. The van der Waals surface area contributed by atoms with Crippen LogP contribution in [-0.2, 0) is 16.0 Å². The molecule has 3 heterocycles. The lowest BCUT2D eigenvalue weighted by molar-refractivity contribution is -0.143. The summed E-state index contributed by atoms with van der Waals surface area (Å²) in [6.07, 6.45) is 5.83. The van der Waals surface area contributed by atoms with Gasteiger partial charge in [-0.15, -0.1) is 0 Å². The van der Waals surface area contributed by atoms with E-state index < -0.39 is 23.8 Å².